The van der Waals surface area contributed by atoms with Gasteiger partial charge in [0, 0.05) is 26.1 Å². The van der Waals surface area contributed by atoms with Crippen molar-refractivity contribution in [3.8, 4) is 11.5 Å². The molecule has 2 aromatic carbocycles. The third-order valence-electron chi connectivity index (χ3n) is 6.05. The summed E-state index contributed by atoms with van der Waals surface area (Å²) in [6.45, 7) is 1.74. The largest absolute Gasteiger partial charge is 0.493 e. The predicted octanol–water partition coefficient (Wildman–Crippen LogP) is 3.34. The van der Waals surface area contributed by atoms with Gasteiger partial charge in [-0.25, -0.2) is 0 Å². The van der Waals surface area contributed by atoms with Gasteiger partial charge in [0.1, 0.15) is 6.04 Å². The summed E-state index contributed by atoms with van der Waals surface area (Å²) in [7, 11) is 3.24. The highest BCUT2D eigenvalue weighted by Crippen LogP contribution is 2.35. The summed E-state index contributed by atoms with van der Waals surface area (Å²) >= 11 is 0. The Kier molecular flexibility index (Phi) is 5.93. The fourth-order valence-electron chi connectivity index (χ4n) is 4.44. The molecule has 0 bridgehead atoms. The Morgan fingerprint density at radius 2 is 1.63 bits per heavy atom. The summed E-state index contributed by atoms with van der Waals surface area (Å²) in [6, 6.07) is 13.0. The maximum absolute atomic E-state index is 13.7. The second-order valence-corrected chi connectivity index (χ2v) is 7.84. The van der Waals surface area contributed by atoms with Crippen molar-refractivity contribution in [3.63, 3.8) is 0 Å². The van der Waals surface area contributed by atoms with Crippen LogP contribution in [-0.2, 0) is 22.6 Å². The van der Waals surface area contributed by atoms with Crippen LogP contribution in [0.3, 0.4) is 0 Å². The summed E-state index contributed by atoms with van der Waals surface area (Å²) in [5.41, 5.74) is 3.10. The number of carbonyl (C=O) groups is 2. The van der Waals surface area contributed by atoms with Gasteiger partial charge < -0.3 is 19.3 Å². The van der Waals surface area contributed by atoms with E-state index >= 15 is 0 Å². The van der Waals surface area contributed by atoms with Crippen LogP contribution in [0.4, 0.5) is 0 Å². The molecule has 1 saturated heterocycles. The molecule has 6 heteroatoms. The van der Waals surface area contributed by atoms with E-state index in [1.54, 1.807) is 19.1 Å². The second-order valence-electron chi connectivity index (χ2n) is 7.84. The van der Waals surface area contributed by atoms with Crippen molar-refractivity contribution in [3.05, 3.63) is 59.2 Å². The number of methoxy groups -OCH3 is 2. The highest BCUT2D eigenvalue weighted by molar-refractivity contribution is 5.89. The molecule has 0 spiro atoms. The topological polar surface area (TPSA) is 59.1 Å². The lowest BCUT2D eigenvalue weighted by molar-refractivity contribution is -0.148. The van der Waals surface area contributed by atoms with Crippen molar-refractivity contribution in [1.82, 2.24) is 9.80 Å². The van der Waals surface area contributed by atoms with Crippen molar-refractivity contribution in [2.24, 2.45) is 0 Å². The van der Waals surface area contributed by atoms with Gasteiger partial charge in [-0.2, -0.15) is 0 Å². The molecule has 6 nitrogen and oxygen atoms in total. The molecule has 4 rings (SSSR count). The summed E-state index contributed by atoms with van der Waals surface area (Å²) in [6.07, 6.45) is 3.08. The predicted molar refractivity (Wildman–Crippen MR) is 113 cm³/mol. The standard InChI is InChI=1S/C24H28N2O4/c1-29-20-14-18-11-13-25(16-19(18)15-21(20)30-2)24(28)23(17-8-4-3-5-9-17)26-12-7-6-10-22(26)27/h3-5,8-9,14-15,23H,6-7,10-13,16H2,1-2H3. The van der Waals surface area contributed by atoms with E-state index in [4.69, 9.17) is 9.47 Å². The van der Waals surface area contributed by atoms with Crippen LogP contribution >= 0.6 is 0 Å². The van der Waals surface area contributed by atoms with Crippen molar-refractivity contribution < 1.29 is 19.1 Å². The molecule has 1 atom stereocenters. The maximum Gasteiger partial charge on any atom is 0.250 e. The molecule has 2 heterocycles. The van der Waals surface area contributed by atoms with Crippen LogP contribution < -0.4 is 9.47 Å². The van der Waals surface area contributed by atoms with Crippen molar-refractivity contribution in [2.45, 2.75) is 38.3 Å². The molecule has 2 amide bonds. The van der Waals surface area contributed by atoms with Crippen LogP contribution in [0.1, 0.15) is 42.0 Å². The van der Waals surface area contributed by atoms with Gasteiger partial charge in [0.25, 0.3) is 0 Å². The number of rotatable bonds is 5. The van der Waals surface area contributed by atoms with E-state index < -0.39 is 6.04 Å². The quantitative estimate of drug-likeness (QED) is 0.761. The Morgan fingerprint density at radius 1 is 0.933 bits per heavy atom. The van der Waals surface area contributed by atoms with Gasteiger partial charge in [-0.1, -0.05) is 30.3 Å². The average Bonchev–Trinajstić information content (AvgIpc) is 2.79. The highest BCUT2D eigenvalue weighted by atomic mass is 16.5. The van der Waals surface area contributed by atoms with E-state index in [0.717, 1.165) is 30.4 Å². The molecule has 2 aliphatic heterocycles. The summed E-state index contributed by atoms with van der Waals surface area (Å²) in [5.74, 6) is 1.41. The molecule has 0 N–H and O–H groups in total. The second kappa shape index (κ2) is 8.78. The number of hydrogen-bond donors (Lipinski definition) is 0. The Labute approximate surface area is 177 Å². The van der Waals surface area contributed by atoms with Gasteiger partial charge in [-0.15, -0.1) is 0 Å². The normalized spacial score (nSPS) is 17.3. The van der Waals surface area contributed by atoms with Gasteiger partial charge in [0.15, 0.2) is 11.5 Å². The number of likely N-dealkylation sites (tertiary alicyclic amines) is 1. The number of carbonyl (C=O) groups excluding carboxylic acids is 2. The molecule has 0 radical (unpaired) electrons. The number of fused-ring (bicyclic) bond motifs is 1. The van der Waals surface area contributed by atoms with Crippen LogP contribution in [0.25, 0.3) is 0 Å². The molecular weight excluding hydrogens is 380 g/mol. The summed E-state index contributed by atoms with van der Waals surface area (Å²) in [4.78, 5) is 30.0. The van der Waals surface area contributed by atoms with Crippen LogP contribution in [0.2, 0.25) is 0 Å². The first-order valence-electron chi connectivity index (χ1n) is 10.5. The molecule has 30 heavy (non-hydrogen) atoms. The molecule has 2 aliphatic rings. The van der Waals surface area contributed by atoms with Crippen LogP contribution in [0.5, 0.6) is 11.5 Å². The Balaban J connectivity index is 1.63. The number of ether oxygens (including phenoxy) is 2. The SMILES string of the molecule is COc1cc2c(cc1OC)CN(C(=O)C(c1ccccc1)N1CCCCC1=O)CC2. The first-order chi connectivity index (χ1) is 14.6. The summed E-state index contributed by atoms with van der Waals surface area (Å²) < 4.78 is 10.9. The van der Waals surface area contributed by atoms with Crippen LogP contribution in [0, 0.1) is 0 Å². The fraction of sp³-hybridized carbons (Fsp3) is 0.417. The Morgan fingerprint density at radius 3 is 2.30 bits per heavy atom. The Hall–Kier alpha value is -3.02. The van der Waals surface area contributed by atoms with Crippen LogP contribution in [-0.4, -0.2) is 48.9 Å². The monoisotopic (exact) mass is 408 g/mol. The minimum atomic E-state index is -0.569. The van der Waals surface area contributed by atoms with Gasteiger partial charge in [0.05, 0.1) is 14.2 Å². The van der Waals surface area contributed by atoms with Crippen LogP contribution in [0.15, 0.2) is 42.5 Å². The van der Waals surface area contributed by atoms with Gasteiger partial charge in [-0.05, 0) is 48.1 Å². The number of piperidine rings is 1. The fourth-order valence-corrected chi connectivity index (χ4v) is 4.44. The molecule has 2 aromatic rings. The number of nitrogens with zero attached hydrogens (tertiary/aromatic N) is 2. The summed E-state index contributed by atoms with van der Waals surface area (Å²) in [5, 5.41) is 0. The maximum atomic E-state index is 13.7. The molecule has 1 unspecified atom stereocenters. The highest BCUT2D eigenvalue weighted by Gasteiger charge is 2.36. The molecular formula is C24H28N2O4. The van der Waals surface area contributed by atoms with E-state index in [1.807, 2.05) is 47.4 Å². The smallest absolute Gasteiger partial charge is 0.250 e. The lowest BCUT2D eigenvalue weighted by Gasteiger charge is -2.38. The number of amides is 2. The third kappa shape index (κ3) is 3.86. The molecule has 1 fully saturated rings. The van der Waals surface area contributed by atoms with E-state index in [0.29, 0.717) is 37.6 Å². The van der Waals surface area contributed by atoms with Gasteiger partial charge in [0.2, 0.25) is 11.8 Å². The zero-order chi connectivity index (χ0) is 21.1. The molecule has 0 aromatic heterocycles. The molecule has 0 aliphatic carbocycles. The first kappa shape index (κ1) is 20.3. The lowest BCUT2D eigenvalue weighted by Crippen LogP contribution is -2.48. The van der Waals surface area contributed by atoms with Gasteiger partial charge in [-0.3, -0.25) is 9.59 Å². The minimum absolute atomic E-state index is 0.0168. The molecule has 158 valence electrons. The van der Waals surface area contributed by atoms with Gasteiger partial charge >= 0.3 is 0 Å². The third-order valence-corrected chi connectivity index (χ3v) is 6.05. The van der Waals surface area contributed by atoms with E-state index in [9.17, 15) is 9.59 Å². The number of benzene rings is 2. The minimum Gasteiger partial charge on any atom is -0.493 e. The van der Waals surface area contributed by atoms with E-state index in [-0.39, 0.29) is 11.8 Å². The Bertz CT molecular complexity index is 928. The van der Waals surface area contributed by atoms with E-state index in [2.05, 4.69) is 0 Å². The zero-order valence-corrected chi connectivity index (χ0v) is 17.6. The van der Waals surface area contributed by atoms with Crippen molar-refractivity contribution >= 4 is 11.8 Å². The lowest BCUT2D eigenvalue weighted by atomic mass is 9.96. The average molecular weight is 408 g/mol. The van der Waals surface area contributed by atoms with E-state index in [1.165, 1.54) is 5.56 Å². The number of hydrogen-bond acceptors (Lipinski definition) is 4. The first-order valence-corrected chi connectivity index (χ1v) is 10.5. The molecule has 0 saturated carbocycles. The van der Waals surface area contributed by atoms with Crippen molar-refractivity contribution in [1.29, 1.82) is 0 Å². The van der Waals surface area contributed by atoms with Crippen molar-refractivity contribution in [2.75, 3.05) is 27.3 Å². The zero-order valence-electron chi connectivity index (χ0n) is 17.6.